The van der Waals surface area contributed by atoms with Gasteiger partial charge in [0.05, 0.1) is 27.6 Å². The Morgan fingerprint density at radius 1 is 1.60 bits per heavy atom. The molecule has 80 valence electrons. The number of hydrogen-bond donors (Lipinski definition) is 1. The molecule has 0 fully saturated rings. The number of hydrogen-bond acceptors (Lipinski definition) is 4. The normalized spacial score (nSPS) is 13.1. The number of halogens is 1. The van der Waals surface area contributed by atoms with E-state index in [1.807, 2.05) is 12.3 Å². The first-order valence-corrected chi connectivity index (χ1v) is 5.63. The van der Waals surface area contributed by atoms with Crippen LogP contribution in [-0.2, 0) is 7.05 Å². The predicted molar refractivity (Wildman–Crippen MR) is 59.1 cm³/mol. The smallest absolute Gasteiger partial charge is 0.140 e. The summed E-state index contributed by atoms with van der Waals surface area (Å²) < 4.78 is 1.56. The molecule has 4 nitrogen and oxygen atoms in total. The minimum absolute atomic E-state index is 0.454. The highest BCUT2D eigenvalue weighted by Gasteiger charge is 2.20. The molecule has 0 aliphatic carbocycles. The predicted octanol–water partition coefficient (Wildman–Crippen LogP) is 1.92. The van der Waals surface area contributed by atoms with Gasteiger partial charge in [-0.15, -0.1) is 11.3 Å². The Labute approximate surface area is 96.1 Å². The Morgan fingerprint density at radius 2 is 2.33 bits per heavy atom. The van der Waals surface area contributed by atoms with Gasteiger partial charge in [0.1, 0.15) is 6.10 Å². The third-order valence-electron chi connectivity index (χ3n) is 2.11. The second kappa shape index (κ2) is 3.92. The van der Waals surface area contributed by atoms with Crippen LogP contribution in [0.5, 0.6) is 0 Å². The Morgan fingerprint density at radius 3 is 2.80 bits per heavy atom. The summed E-state index contributed by atoms with van der Waals surface area (Å²) in [5.41, 5.74) is 1.19. The fraction of sp³-hybridized carbons (Fsp3) is 0.333. The van der Waals surface area contributed by atoms with Crippen molar-refractivity contribution in [3.63, 3.8) is 0 Å². The summed E-state index contributed by atoms with van der Waals surface area (Å²) in [4.78, 5) is 4.22. The lowest BCUT2D eigenvalue weighted by Crippen LogP contribution is -2.07. The van der Waals surface area contributed by atoms with E-state index in [9.17, 15) is 5.11 Å². The SMILES string of the molecule is Cc1nc(C(O)c2c(Cl)cnn2C)cs1. The van der Waals surface area contributed by atoms with E-state index in [0.717, 1.165) is 5.01 Å². The molecule has 1 atom stereocenters. The zero-order chi connectivity index (χ0) is 11.0. The summed E-state index contributed by atoms with van der Waals surface area (Å²) in [6, 6.07) is 0. The Balaban J connectivity index is 2.40. The lowest BCUT2D eigenvalue weighted by Gasteiger charge is -2.08. The Bertz CT molecular complexity index is 460. The zero-order valence-electron chi connectivity index (χ0n) is 8.31. The summed E-state index contributed by atoms with van der Waals surface area (Å²) in [7, 11) is 1.74. The zero-order valence-corrected chi connectivity index (χ0v) is 9.88. The fourth-order valence-electron chi connectivity index (χ4n) is 1.37. The van der Waals surface area contributed by atoms with Crippen molar-refractivity contribution in [3.8, 4) is 0 Å². The van der Waals surface area contributed by atoms with Gasteiger partial charge in [-0.2, -0.15) is 5.10 Å². The number of rotatable bonds is 2. The summed E-state index contributed by atoms with van der Waals surface area (Å²) in [5.74, 6) is 0. The van der Waals surface area contributed by atoms with Crippen LogP contribution in [-0.4, -0.2) is 19.9 Å². The molecule has 2 aromatic rings. The van der Waals surface area contributed by atoms with Crippen molar-refractivity contribution >= 4 is 22.9 Å². The van der Waals surface area contributed by atoms with E-state index in [1.54, 1.807) is 11.7 Å². The maximum atomic E-state index is 10.1. The van der Waals surface area contributed by atoms with Gasteiger partial charge in [-0.1, -0.05) is 11.6 Å². The lowest BCUT2D eigenvalue weighted by atomic mass is 10.2. The van der Waals surface area contributed by atoms with Crippen LogP contribution >= 0.6 is 22.9 Å². The molecule has 6 heteroatoms. The third kappa shape index (κ3) is 1.90. The average molecular weight is 244 g/mol. The van der Waals surface area contributed by atoms with Crippen molar-refractivity contribution in [2.75, 3.05) is 0 Å². The van der Waals surface area contributed by atoms with Gasteiger partial charge in [0.15, 0.2) is 0 Å². The quantitative estimate of drug-likeness (QED) is 0.877. The van der Waals surface area contributed by atoms with Crippen LogP contribution in [0.4, 0.5) is 0 Å². The molecule has 0 saturated heterocycles. The van der Waals surface area contributed by atoms with Crippen molar-refractivity contribution < 1.29 is 5.11 Å². The Kier molecular flexibility index (Phi) is 2.77. The molecule has 0 bridgehead atoms. The van der Waals surface area contributed by atoms with Gasteiger partial charge in [0.2, 0.25) is 0 Å². The van der Waals surface area contributed by atoms with Crippen molar-refractivity contribution in [1.29, 1.82) is 0 Å². The van der Waals surface area contributed by atoms with E-state index in [0.29, 0.717) is 16.4 Å². The molecule has 0 radical (unpaired) electrons. The molecule has 2 heterocycles. The van der Waals surface area contributed by atoms with Crippen LogP contribution in [0.15, 0.2) is 11.6 Å². The molecule has 2 rings (SSSR count). The van der Waals surface area contributed by atoms with Crippen molar-refractivity contribution in [2.24, 2.45) is 7.05 Å². The van der Waals surface area contributed by atoms with E-state index in [1.165, 1.54) is 17.5 Å². The molecule has 0 aliphatic heterocycles. The van der Waals surface area contributed by atoms with E-state index in [4.69, 9.17) is 11.6 Å². The number of thiazole rings is 1. The van der Waals surface area contributed by atoms with Gasteiger partial charge in [-0.05, 0) is 6.92 Å². The molecule has 0 aliphatic rings. The van der Waals surface area contributed by atoms with E-state index in [-0.39, 0.29) is 0 Å². The third-order valence-corrected chi connectivity index (χ3v) is 3.20. The topological polar surface area (TPSA) is 50.9 Å². The molecule has 1 unspecified atom stereocenters. The number of aliphatic hydroxyl groups is 1. The highest BCUT2D eigenvalue weighted by Crippen LogP contribution is 2.28. The van der Waals surface area contributed by atoms with Crippen LogP contribution in [0.1, 0.15) is 22.5 Å². The first-order valence-electron chi connectivity index (χ1n) is 4.37. The lowest BCUT2D eigenvalue weighted by molar-refractivity contribution is 0.205. The maximum Gasteiger partial charge on any atom is 0.140 e. The molecule has 0 aromatic carbocycles. The largest absolute Gasteiger partial charge is 0.380 e. The van der Waals surface area contributed by atoms with Crippen LogP contribution in [0, 0.1) is 6.92 Å². The summed E-state index contributed by atoms with van der Waals surface area (Å²) in [5, 5.41) is 17.2. The number of aliphatic hydroxyl groups excluding tert-OH is 1. The number of nitrogens with zero attached hydrogens (tertiary/aromatic N) is 3. The van der Waals surface area contributed by atoms with Gasteiger partial charge >= 0.3 is 0 Å². The van der Waals surface area contributed by atoms with Gasteiger partial charge in [0.25, 0.3) is 0 Å². The second-order valence-corrected chi connectivity index (χ2v) is 4.66. The number of aromatic nitrogens is 3. The van der Waals surface area contributed by atoms with E-state index >= 15 is 0 Å². The van der Waals surface area contributed by atoms with Gasteiger partial charge in [-0.3, -0.25) is 4.68 Å². The first-order chi connectivity index (χ1) is 7.09. The van der Waals surface area contributed by atoms with Crippen LogP contribution in [0.3, 0.4) is 0 Å². The van der Waals surface area contributed by atoms with Gasteiger partial charge in [0, 0.05) is 12.4 Å². The second-order valence-electron chi connectivity index (χ2n) is 3.20. The minimum atomic E-state index is -0.810. The van der Waals surface area contributed by atoms with Gasteiger partial charge < -0.3 is 5.11 Å². The molecule has 2 aromatic heterocycles. The summed E-state index contributed by atoms with van der Waals surface area (Å²) in [6.45, 7) is 1.89. The van der Waals surface area contributed by atoms with Crippen LogP contribution in [0.25, 0.3) is 0 Å². The van der Waals surface area contributed by atoms with E-state index < -0.39 is 6.10 Å². The fourth-order valence-corrected chi connectivity index (χ4v) is 2.27. The monoisotopic (exact) mass is 243 g/mol. The van der Waals surface area contributed by atoms with Crippen LogP contribution in [0.2, 0.25) is 5.02 Å². The van der Waals surface area contributed by atoms with Crippen molar-refractivity contribution in [2.45, 2.75) is 13.0 Å². The molecule has 0 spiro atoms. The van der Waals surface area contributed by atoms with Crippen molar-refractivity contribution in [3.05, 3.63) is 33.0 Å². The molecular formula is C9H10ClN3OS. The molecule has 0 amide bonds. The maximum absolute atomic E-state index is 10.1. The van der Waals surface area contributed by atoms with Crippen LogP contribution < -0.4 is 0 Å². The molecule has 1 N–H and O–H groups in total. The molecular weight excluding hydrogens is 234 g/mol. The molecule has 15 heavy (non-hydrogen) atoms. The Hall–Kier alpha value is -0.910. The summed E-state index contributed by atoms with van der Waals surface area (Å²) in [6.07, 6.45) is 0.703. The average Bonchev–Trinajstić information content (AvgIpc) is 2.73. The number of aryl methyl sites for hydroxylation is 2. The first kappa shape index (κ1) is 10.6. The molecule has 0 saturated carbocycles. The highest BCUT2D eigenvalue weighted by molar-refractivity contribution is 7.09. The van der Waals surface area contributed by atoms with Gasteiger partial charge in [-0.25, -0.2) is 4.98 Å². The standard InChI is InChI=1S/C9H10ClN3OS/c1-5-12-7(4-15-5)9(14)8-6(10)3-11-13(8)2/h3-4,9,14H,1-2H3. The van der Waals surface area contributed by atoms with E-state index in [2.05, 4.69) is 10.1 Å². The van der Waals surface area contributed by atoms with Crippen molar-refractivity contribution in [1.82, 2.24) is 14.8 Å². The summed E-state index contributed by atoms with van der Waals surface area (Å²) >= 11 is 7.43. The highest BCUT2D eigenvalue weighted by atomic mass is 35.5. The minimum Gasteiger partial charge on any atom is -0.380 e.